The first-order valence-corrected chi connectivity index (χ1v) is 13.6. The molecule has 3 unspecified atom stereocenters. The Balaban J connectivity index is 1.15. The molecular formula is C28H32FN7O4. The molecule has 12 heteroatoms. The second-order valence-electron chi connectivity index (χ2n) is 10.9. The van der Waals surface area contributed by atoms with Crippen LogP contribution in [0.4, 0.5) is 15.8 Å². The molecule has 7 N–H and O–H groups in total. The number of carbonyl (C=O) groups excluding carboxylic acids is 1. The number of aromatic amines is 1. The number of nitrogen functional groups attached to an aromatic ring is 1. The summed E-state index contributed by atoms with van der Waals surface area (Å²) in [5.74, 6) is -1.08. The van der Waals surface area contributed by atoms with Crippen molar-refractivity contribution in [3.63, 3.8) is 0 Å². The van der Waals surface area contributed by atoms with Crippen LogP contribution in [0.2, 0.25) is 0 Å². The number of carboxylic acids is 1. The molecule has 0 spiro atoms. The lowest BCUT2D eigenvalue weighted by Crippen LogP contribution is -2.34. The third kappa shape index (κ3) is 4.72. The van der Waals surface area contributed by atoms with Gasteiger partial charge in [0.2, 0.25) is 0 Å². The zero-order valence-corrected chi connectivity index (χ0v) is 21.8. The van der Waals surface area contributed by atoms with Gasteiger partial charge in [0.1, 0.15) is 18.5 Å². The van der Waals surface area contributed by atoms with Gasteiger partial charge in [-0.25, -0.2) is 4.39 Å². The van der Waals surface area contributed by atoms with Crippen LogP contribution >= 0.6 is 0 Å². The van der Waals surface area contributed by atoms with Crippen molar-refractivity contribution >= 4 is 45.1 Å². The number of nitrogens with one attached hydrogen (secondary N) is 2. The quantitative estimate of drug-likeness (QED) is 0.147. The Bertz CT molecular complexity index is 1580. The fourth-order valence-electron chi connectivity index (χ4n) is 6.63. The molecular weight excluding hydrogens is 517 g/mol. The maximum Gasteiger partial charge on any atom is 0.320 e. The summed E-state index contributed by atoms with van der Waals surface area (Å²) < 4.78 is 21.8. The third-order valence-electron chi connectivity index (χ3n) is 8.55. The van der Waals surface area contributed by atoms with Gasteiger partial charge in [0.15, 0.2) is 0 Å². The highest BCUT2D eigenvalue weighted by Gasteiger charge is 2.49. The van der Waals surface area contributed by atoms with E-state index in [0.717, 1.165) is 46.8 Å². The zero-order valence-electron chi connectivity index (χ0n) is 21.8. The van der Waals surface area contributed by atoms with Crippen LogP contribution in [0.15, 0.2) is 36.7 Å². The Morgan fingerprint density at radius 2 is 2.08 bits per heavy atom. The van der Waals surface area contributed by atoms with Gasteiger partial charge >= 0.3 is 11.9 Å². The molecule has 0 saturated heterocycles. The highest BCUT2D eigenvalue weighted by Crippen LogP contribution is 2.56. The Kier molecular flexibility index (Phi) is 6.78. The molecule has 6 rings (SSSR count). The van der Waals surface area contributed by atoms with Crippen molar-refractivity contribution in [2.45, 2.75) is 56.7 Å². The molecule has 2 fully saturated rings. The van der Waals surface area contributed by atoms with E-state index in [-0.39, 0.29) is 37.1 Å². The van der Waals surface area contributed by atoms with Crippen molar-refractivity contribution < 1.29 is 23.8 Å². The average Bonchev–Trinajstić information content (AvgIpc) is 3.73. The number of H-pyrrole nitrogens is 1. The number of nitrogens with zero attached hydrogens (tertiary/aromatic N) is 3. The molecule has 2 aromatic carbocycles. The van der Waals surface area contributed by atoms with Gasteiger partial charge in [-0.1, -0.05) is 0 Å². The zero-order chi connectivity index (χ0) is 28.0. The van der Waals surface area contributed by atoms with E-state index in [9.17, 15) is 14.0 Å². The topological polar surface area (TPSA) is 174 Å². The van der Waals surface area contributed by atoms with Crippen LogP contribution < -0.4 is 16.8 Å². The Morgan fingerprint density at radius 1 is 1.25 bits per heavy atom. The summed E-state index contributed by atoms with van der Waals surface area (Å²) >= 11 is 0. The number of carbonyl (C=O) groups is 2. The summed E-state index contributed by atoms with van der Waals surface area (Å²) in [4.78, 5) is 22.7. The van der Waals surface area contributed by atoms with Crippen molar-refractivity contribution in [1.82, 2.24) is 20.0 Å². The van der Waals surface area contributed by atoms with E-state index in [2.05, 4.69) is 20.6 Å². The fraction of sp³-hybridized carbons (Fsp3) is 0.429. The van der Waals surface area contributed by atoms with E-state index in [4.69, 9.17) is 21.3 Å². The number of aliphatic carboxylic acids is 1. The number of esters is 1. The molecule has 11 nitrogen and oxygen atoms in total. The van der Waals surface area contributed by atoms with Gasteiger partial charge in [0.25, 0.3) is 0 Å². The summed E-state index contributed by atoms with van der Waals surface area (Å²) in [6.07, 6.45) is 6.79. The minimum atomic E-state index is -1.14. The molecule has 2 aromatic heterocycles. The van der Waals surface area contributed by atoms with E-state index >= 15 is 0 Å². The highest BCUT2D eigenvalue weighted by atomic mass is 19.1. The molecule has 4 aromatic rings. The first-order valence-electron chi connectivity index (χ1n) is 13.6. The summed E-state index contributed by atoms with van der Waals surface area (Å²) in [5.41, 5.74) is 15.3. The number of nitrogens with two attached hydrogens (primary N) is 2. The standard InChI is InChI=1S/C28H32FN7O4/c29-19-11-21-18(13-32-35-21)25(26(19)31)24-14-1-2-15(9-14)27(24)34-17-3-5-22-16(10-17)12-33-36(22)7-8-40-23(37)6-4-20(30)28(38)39/h3,5,10-15,20,24,27,34H,1-2,4,6-9,30-31H2,(H,32,35)(H,38,39)/t14?,15?,20?,24-,27-/m1/s1. The highest BCUT2D eigenvalue weighted by molar-refractivity contribution is 5.88. The van der Waals surface area contributed by atoms with Crippen LogP contribution in [0, 0.1) is 17.7 Å². The van der Waals surface area contributed by atoms with E-state index in [0.29, 0.717) is 23.9 Å². The minimum Gasteiger partial charge on any atom is -0.480 e. The maximum absolute atomic E-state index is 14.8. The van der Waals surface area contributed by atoms with E-state index in [1.54, 1.807) is 17.1 Å². The third-order valence-corrected chi connectivity index (χ3v) is 8.55. The van der Waals surface area contributed by atoms with Crippen molar-refractivity contribution in [2.24, 2.45) is 17.6 Å². The Labute approximate surface area is 229 Å². The number of rotatable bonds is 10. The smallest absolute Gasteiger partial charge is 0.320 e. The SMILES string of the molecule is Nc1c(F)cc2[nH]ncc2c1[C@H]1C2CCC(C2)[C@H]1Nc1ccc2c(cnn2CCOC(=O)CCC(N)C(=O)O)c1. The molecule has 2 saturated carbocycles. The predicted octanol–water partition coefficient (Wildman–Crippen LogP) is 3.36. The van der Waals surface area contributed by atoms with Crippen molar-refractivity contribution in [3.05, 3.63) is 48.0 Å². The van der Waals surface area contributed by atoms with Crippen LogP contribution in [0.3, 0.4) is 0 Å². The number of halogens is 1. The van der Waals surface area contributed by atoms with Gasteiger partial charge in [-0.15, -0.1) is 0 Å². The number of anilines is 2. The number of hydrogen-bond acceptors (Lipinski definition) is 8. The fourth-order valence-corrected chi connectivity index (χ4v) is 6.63. The lowest BCUT2D eigenvalue weighted by molar-refractivity contribution is -0.144. The molecule has 0 radical (unpaired) electrons. The van der Waals surface area contributed by atoms with Gasteiger partial charge in [-0.2, -0.15) is 10.2 Å². The molecule has 2 aliphatic carbocycles. The van der Waals surface area contributed by atoms with E-state index in [1.807, 2.05) is 18.2 Å². The number of carboxylic acid groups (broad SMARTS) is 1. The number of fused-ring (bicyclic) bond motifs is 4. The van der Waals surface area contributed by atoms with Crippen molar-refractivity contribution in [1.29, 1.82) is 0 Å². The Morgan fingerprint density at radius 3 is 2.90 bits per heavy atom. The van der Waals surface area contributed by atoms with Crippen LogP contribution in [-0.4, -0.2) is 55.7 Å². The summed E-state index contributed by atoms with van der Waals surface area (Å²) in [6, 6.07) is 6.47. The lowest BCUT2D eigenvalue weighted by Gasteiger charge is -2.34. The summed E-state index contributed by atoms with van der Waals surface area (Å²) in [7, 11) is 0. The van der Waals surface area contributed by atoms with Crippen LogP contribution in [-0.2, 0) is 20.9 Å². The molecule has 2 heterocycles. The Hall–Kier alpha value is -4.19. The van der Waals surface area contributed by atoms with Crippen molar-refractivity contribution in [3.8, 4) is 0 Å². The second kappa shape index (κ2) is 10.4. The first kappa shape index (κ1) is 26.1. The second-order valence-corrected chi connectivity index (χ2v) is 10.9. The number of benzene rings is 2. The van der Waals surface area contributed by atoms with Crippen LogP contribution in [0.25, 0.3) is 21.8 Å². The number of aromatic nitrogens is 4. The van der Waals surface area contributed by atoms with Crippen LogP contribution in [0.5, 0.6) is 0 Å². The molecule has 0 amide bonds. The van der Waals surface area contributed by atoms with Crippen LogP contribution in [0.1, 0.15) is 43.6 Å². The molecule has 5 atom stereocenters. The van der Waals surface area contributed by atoms with E-state index in [1.165, 1.54) is 6.07 Å². The summed E-state index contributed by atoms with van der Waals surface area (Å²) in [6.45, 7) is 0.475. The van der Waals surface area contributed by atoms with Gasteiger partial charge in [-0.05, 0) is 61.3 Å². The lowest BCUT2D eigenvalue weighted by atomic mass is 9.78. The van der Waals surface area contributed by atoms with Gasteiger partial charge in [0, 0.05) is 40.9 Å². The van der Waals surface area contributed by atoms with Gasteiger partial charge in [0.05, 0.1) is 35.7 Å². The number of ether oxygens (including phenoxy) is 1. The molecule has 0 aliphatic heterocycles. The minimum absolute atomic E-state index is 0.0247. The maximum atomic E-state index is 14.8. The monoisotopic (exact) mass is 549 g/mol. The molecule has 210 valence electrons. The summed E-state index contributed by atoms with van der Waals surface area (Å²) in [5, 5.41) is 25.9. The van der Waals surface area contributed by atoms with Gasteiger partial charge in [-0.3, -0.25) is 19.4 Å². The molecule has 40 heavy (non-hydrogen) atoms. The predicted molar refractivity (Wildman–Crippen MR) is 147 cm³/mol. The average molecular weight is 550 g/mol. The molecule has 2 bridgehead atoms. The van der Waals surface area contributed by atoms with E-state index < -0.39 is 23.8 Å². The molecule has 2 aliphatic rings. The van der Waals surface area contributed by atoms with Gasteiger partial charge < -0.3 is 26.6 Å². The van der Waals surface area contributed by atoms with Crippen molar-refractivity contribution in [2.75, 3.05) is 17.7 Å². The first-order chi connectivity index (χ1) is 19.3. The largest absolute Gasteiger partial charge is 0.480 e. The number of hydrogen-bond donors (Lipinski definition) is 5. The normalized spacial score (nSPS) is 22.6.